The fourth-order valence-corrected chi connectivity index (χ4v) is 1.85. The fraction of sp³-hybridized carbons (Fsp3) is 0.308. The molecule has 8 heteroatoms. The van der Waals surface area contributed by atoms with Gasteiger partial charge in [-0.05, 0) is 35.7 Å². The Morgan fingerprint density at radius 1 is 1.10 bits per heavy atom. The number of rotatable bonds is 5. The third-order valence-electron chi connectivity index (χ3n) is 2.62. The van der Waals surface area contributed by atoms with Crippen molar-refractivity contribution in [1.29, 1.82) is 0 Å². The fourth-order valence-electron chi connectivity index (χ4n) is 1.69. The van der Waals surface area contributed by atoms with Crippen LogP contribution in [-0.4, -0.2) is 35.6 Å². The highest BCUT2D eigenvalue weighted by atomic mass is 35.5. The number of benzene rings is 1. The number of hydrogen-bond donors (Lipinski definition) is 1. The molecule has 5 nitrogen and oxygen atoms in total. The van der Waals surface area contributed by atoms with Crippen molar-refractivity contribution in [3.63, 3.8) is 0 Å². The Morgan fingerprint density at radius 2 is 1.76 bits per heavy atom. The maximum atomic E-state index is 13.1. The largest absolute Gasteiger partial charge is 0.354 e. The van der Waals surface area contributed by atoms with Crippen LogP contribution in [0.4, 0.5) is 20.7 Å². The molecule has 1 aromatic carbocycles. The molecule has 0 saturated carbocycles. The summed E-state index contributed by atoms with van der Waals surface area (Å²) in [6, 6.07) is 3.42. The van der Waals surface area contributed by atoms with Crippen molar-refractivity contribution in [3.8, 4) is 0 Å². The van der Waals surface area contributed by atoms with Gasteiger partial charge in [0.2, 0.25) is 17.2 Å². The zero-order valence-electron chi connectivity index (χ0n) is 11.6. The molecule has 0 amide bonds. The smallest absolute Gasteiger partial charge is 0.230 e. The predicted octanol–water partition coefficient (Wildman–Crippen LogP) is 2.52. The zero-order valence-corrected chi connectivity index (χ0v) is 12.3. The predicted molar refractivity (Wildman–Crippen MR) is 77.7 cm³/mol. The molecule has 2 rings (SSSR count). The molecule has 1 heterocycles. The SMILES string of the molecule is CN(C)c1nc(Cl)nc(NCCc2cc(F)cc(F)c2)n1. The van der Waals surface area contributed by atoms with Gasteiger partial charge in [0.05, 0.1) is 0 Å². The zero-order chi connectivity index (χ0) is 15.4. The van der Waals surface area contributed by atoms with E-state index in [-0.39, 0.29) is 5.28 Å². The lowest BCUT2D eigenvalue weighted by molar-refractivity contribution is 0.580. The van der Waals surface area contributed by atoms with E-state index in [2.05, 4.69) is 20.3 Å². The summed E-state index contributed by atoms with van der Waals surface area (Å²) >= 11 is 5.80. The van der Waals surface area contributed by atoms with Gasteiger partial charge in [0.25, 0.3) is 0 Å². The highest BCUT2D eigenvalue weighted by Gasteiger charge is 2.06. The molecule has 0 atom stereocenters. The minimum absolute atomic E-state index is 0.0769. The summed E-state index contributed by atoms with van der Waals surface area (Å²) in [6.45, 7) is 0.413. The van der Waals surface area contributed by atoms with E-state index in [9.17, 15) is 8.78 Å². The maximum absolute atomic E-state index is 13.1. The van der Waals surface area contributed by atoms with Crippen LogP contribution in [0.15, 0.2) is 18.2 Å². The molecular formula is C13H14ClF2N5. The van der Waals surface area contributed by atoms with Crippen LogP contribution >= 0.6 is 11.6 Å². The molecule has 112 valence electrons. The number of anilines is 2. The Morgan fingerprint density at radius 3 is 2.38 bits per heavy atom. The van der Waals surface area contributed by atoms with Crippen LogP contribution < -0.4 is 10.2 Å². The number of hydrogen-bond acceptors (Lipinski definition) is 5. The molecular weight excluding hydrogens is 300 g/mol. The second-order valence-corrected chi connectivity index (χ2v) is 4.92. The summed E-state index contributed by atoms with van der Waals surface area (Å²) in [6.07, 6.45) is 0.426. The van der Waals surface area contributed by atoms with Gasteiger partial charge in [0, 0.05) is 26.7 Å². The van der Waals surface area contributed by atoms with Crippen LogP contribution in [0.1, 0.15) is 5.56 Å². The van der Waals surface area contributed by atoms with Crippen molar-refractivity contribution in [1.82, 2.24) is 15.0 Å². The average Bonchev–Trinajstić information content (AvgIpc) is 2.36. The van der Waals surface area contributed by atoms with E-state index in [1.165, 1.54) is 12.1 Å². The second-order valence-electron chi connectivity index (χ2n) is 4.58. The molecule has 0 unspecified atom stereocenters. The van der Waals surface area contributed by atoms with Crippen LogP contribution in [0.25, 0.3) is 0 Å². The summed E-state index contributed by atoms with van der Waals surface area (Å²) in [5.41, 5.74) is 0.549. The van der Waals surface area contributed by atoms with Crippen LogP contribution in [-0.2, 0) is 6.42 Å². The van der Waals surface area contributed by atoms with Gasteiger partial charge in [-0.25, -0.2) is 8.78 Å². The Balaban J connectivity index is 2.00. The van der Waals surface area contributed by atoms with E-state index >= 15 is 0 Å². The van der Waals surface area contributed by atoms with Crippen LogP contribution in [0.3, 0.4) is 0 Å². The lowest BCUT2D eigenvalue weighted by Gasteiger charge is -2.11. The summed E-state index contributed by atoms with van der Waals surface area (Å²) < 4.78 is 26.1. The van der Waals surface area contributed by atoms with Crippen LogP contribution in [0.5, 0.6) is 0 Å². The van der Waals surface area contributed by atoms with Gasteiger partial charge in [-0.3, -0.25) is 0 Å². The maximum Gasteiger partial charge on any atom is 0.230 e. The van der Waals surface area contributed by atoms with Gasteiger partial charge >= 0.3 is 0 Å². The van der Waals surface area contributed by atoms with E-state index in [0.717, 1.165) is 6.07 Å². The van der Waals surface area contributed by atoms with Crippen molar-refractivity contribution in [2.75, 3.05) is 30.9 Å². The first-order valence-corrected chi connectivity index (χ1v) is 6.59. The minimum atomic E-state index is -0.594. The molecule has 2 aromatic rings. The molecule has 0 aliphatic rings. The van der Waals surface area contributed by atoms with Crippen molar-refractivity contribution in [2.45, 2.75) is 6.42 Å². The first kappa shape index (κ1) is 15.4. The van der Waals surface area contributed by atoms with Crippen LogP contribution in [0.2, 0.25) is 5.28 Å². The quantitative estimate of drug-likeness (QED) is 0.919. The third-order valence-corrected chi connectivity index (χ3v) is 2.78. The highest BCUT2D eigenvalue weighted by molar-refractivity contribution is 6.28. The summed E-state index contributed by atoms with van der Waals surface area (Å²) in [5.74, 6) is -0.448. The van der Waals surface area contributed by atoms with Crippen molar-refractivity contribution >= 4 is 23.5 Å². The first-order valence-electron chi connectivity index (χ1n) is 6.22. The monoisotopic (exact) mass is 313 g/mol. The van der Waals surface area contributed by atoms with E-state index in [1.54, 1.807) is 19.0 Å². The molecule has 0 radical (unpaired) electrons. The molecule has 0 aliphatic heterocycles. The molecule has 0 aliphatic carbocycles. The van der Waals surface area contributed by atoms with Crippen molar-refractivity contribution in [2.24, 2.45) is 0 Å². The molecule has 1 aromatic heterocycles. The third kappa shape index (κ3) is 4.49. The molecule has 0 fully saturated rings. The first-order chi connectivity index (χ1) is 9.94. The Hall–Kier alpha value is -2.02. The van der Waals surface area contributed by atoms with Gasteiger partial charge in [0.15, 0.2) is 0 Å². The van der Waals surface area contributed by atoms with Crippen molar-refractivity contribution < 1.29 is 8.78 Å². The Bertz CT molecular complexity index is 616. The van der Waals surface area contributed by atoms with Gasteiger partial charge in [-0.2, -0.15) is 15.0 Å². The van der Waals surface area contributed by atoms with Gasteiger partial charge in [-0.1, -0.05) is 0 Å². The molecule has 21 heavy (non-hydrogen) atoms. The molecule has 0 saturated heterocycles. The summed E-state index contributed by atoms with van der Waals surface area (Å²) in [7, 11) is 3.57. The lowest BCUT2D eigenvalue weighted by atomic mass is 10.1. The highest BCUT2D eigenvalue weighted by Crippen LogP contribution is 2.12. The number of halogens is 3. The Kier molecular flexibility index (Phi) is 4.85. The van der Waals surface area contributed by atoms with E-state index < -0.39 is 11.6 Å². The number of nitrogens with one attached hydrogen (secondary N) is 1. The van der Waals surface area contributed by atoms with Gasteiger partial charge in [0.1, 0.15) is 11.6 Å². The molecule has 0 bridgehead atoms. The lowest BCUT2D eigenvalue weighted by Crippen LogP contribution is -2.16. The normalized spacial score (nSPS) is 10.5. The standard InChI is InChI=1S/C13H14ClF2N5/c1-21(2)13-19-11(14)18-12(20-13)17-4-3-8-5-9(15)7-10(16)6-8/h5-7H,3-4H2,1-2H3,(H,17,18,19,20). The topological polar surface area (TPSA) is 53.9 Å². The van der Waals surface area contributed by atoms with Gasteiger partial charge in [-0.15, -0.1) is 0 Å². The Labute approximate surface area is 126 Å². The van der Waals surface area contributed by atoms with Crippen molar-refractivity contribution in [3.05, 3.63) is 40.7 Å². The number of nitrogens with zero attached hydrogens (tertiary/aromatic N) is 4. The minimum Gasteiger partial charge on any atom is -0.354 e. The summed E-state index contributed by atoms with van der Waals surface area (Å²) in [4.78, 5) is 13.7. The van der Waals surface area contributed by atoms with E-state index in [0.29, 0.717) is 30.4 Å². The second kappa shape index (κ2) is 6.62. The molecule has 1 N–H and O–H groups in total. The average molecular weight is 314 g/mol. The van der Waals surface area contributed by atoms with Crippen LogP contribution in [0, 0.1) is 11.6 Å². The number of aromatic nitrogens is 3. The van der Waals surface area contributed by atoms with E-state index in [1.807, 2.05) is 0 Å². The summed E-state index contributed by atoms with van der Waals surface area (Å²) in [5, 5.41) is 3.03. The van der Waals surface area contributed by atoms with E-state index in [4.69, 9.17) is 11.6 Å². The molecule has 0 spiro atoms. The van der Waals surface area contributed by atoms with Gasteiger partial charge < -0.3 is 10.2 Å².